The standard InChI is InChI=1S/C11H15ClO2/c1-11(13,6-7-14-2)9-4-3-5-10(12)8-9/h3-5,8,13H,6-7H2,1-2H3. The number of benzene rings is 1. The maximum atomic E-state index is 10.1. The number of hydrogen-bond acceptors (Lipinski definition) is 2. The molecule has 0 aliphatic carbocycles. The lowest BCUT2D eigenvalue weighted by atomic mass is 9.93. The van der Waals surface area contributed by atoms with Gasteiger partial charge in [0.25, 0.3) is 0 Å². The third kappa shape index (κ3) is 2.98. The molecule has 1 N–H and O–H groups in total. The smallest absolute Gasteiger partial charge is 0.0891 e. The van der Waals surface area contributed by atoms with E-state index in [1.54, 1.807) is 26.2 Å². The van der Waals surface area contributed by atoms with Gasteiger partial charge < -0.3 is 9.84 Å². The van der Waals surface area contributed by atoms with Crippen molar-refractivity contribution in [1.82, 2.24) is 0 Å². The number of ether oxygens (including phenoxy) is 1. The van der Waals surface area contributed by atoms with Crippen molar-refractivity contribution in [1.29, 1.82) is 0 Å². The van der Waals surface area contributed by atoms with E-state index in [2.05, 4.69) is 0 Å². The normalized spacial score (nSPS) is 15.1. The highest BCUT2D eigenvalue weighted by molar-refractivity contribution is 6.30. The molecular formula is C11H15ClO2. The van der Waals surface area contributed by atoms with Crippen LogP contribution in [0.5, 0.6) is 0 Å². The van der Waals surface area contributed by atoms with Crippen molar-refractivity contribution < 1.29 is 9.84 Å². The minimum Gasteiger partial charge on any atom is -0.385 e. The third-order valence-electron chi connectivity index (χ3n) is 2.24. The quantitative estimate of drug-likeness (QED) is 0.835. The molecule has 2 nitrogen and oxygen atoms in total. The fourth-order valence-electron chi connectivity index (χ4n) is 1.27. The minimum atomic E-state index is -0.874. The van der Waals surface area contributed by atoms with Crippen LogP contribution in [0, 0.1) is 0 Å². The van der Waals surface area contributed by atoms with E-state index in [0.717, 1.165) is 5.56 Å². The Kier molecular flexibility index (Phi) is 3.93. The molecule has 1 rings (SSSR count). The molecule has 1 aromatic carbocycles. The number of hydrogen-bond donors (Lipinski definition) is 1. The largest absolute Gasteiger partial charge is 0.385 e. The van der Waals surface area contributed by atoms with Crippen molar-refractivity contribution in [3.8, 4) is 0 Å². The van der Waals surface area contributed by atoms with E-state index in [-0.39, 0.29) is 0 Å². The van der Waals surface area contributed by atoms with Gasteiger partial charge in [0.15, 0.2) is 0 Å². The van der Waals surface area contributed by atoms with Crippen LogP contribution in [0.3, 0.4) is 0 Å². The monoisotopic (exact) mass is 214 g/mol. The van der Waals surface area contributed by atoms with Gasteiger partial charge in [-0.2, -0.15) is 0 Å². The van der Waals surface area contributed by atoms with Crippen molar-refractivity contribution in [2.45, 2.75) is 18.9 Å². The molecule has 3 heteroatoms. The summed E-state index contributed by atoms with van der Waals surface area (Å²) in [5.74, 6) is 0. The molecule has 14 heavy (non-hydrogen) atoms. The Morgan fingerprint density at radius 2 is 2.21 bits per heavy atom. The Hall–Kier alpha value is -0.570. The maximum Gasteiger partial charge on any atom is 0.0891 e. The Morgan fingerprint density at radius 3 is 2.79 bits per heavy atom. The molecule has 1 atom stereocenters. The van der Waals surface area contributed by atoms with Gasteiger partial charge in [-0.1, -0.05) is 23.7 Å². The number of rotatable bonds is 4. The van der Waals surface area contributed by atoms with Crippen LogP contribution in [0.25, 0.3) is 0 Å². The van der Waals surface area contributed by atoms with Crippen molar-refractivity contribution in [2.75, 3.05) is 13.7 Å². The second-order valence-corrected chi connectivity index (χ2v) is 3.96. The average Bonchev–Trinajstić information content (AvgIpc) is 2.15. The lowest BCUT2D eigenvalue weighted by Gasteiger charge is -2.23. The Balaban J connectivity index is 2.80. The Morgan fingerprint density at radius 1 is 1.50 bits per heavy atom. The van der Waals surface area contributed by atoms with Crippen LogP contribution in [0.1, 0.15) is 18.9 Å². The van der Waals surface area contributed by atoms with Crippen molar-refractivity contribution >= 4 is 11.6 Å². The summed E-state index contributed by atoms with van der Waals surface area (Å²) in [7, 11) is 1.62. The van der Waals surface area contributed by atoms with E-state index in [4.69, 9.17) is 16.3 Å². The molecule has 0 bridgehead atoms. The molecule has 0 heterocycles. The summed E-state index contributed by atoms with van der Waals surface area (Å²) in [5.41, 5.74) is -0.0528. The zero-order chi connectivity index (χ0) is 10.6. The molecule has 0 fully saturated rings. The molecule has 0 aromatic heterocycles. The van der Waals surface area contributed by atoms with Gasteiger partial charge in [0, 0.05) is 25.2 Å². The molecular weight excluding hydrogens is 200 g/mol. The first-order valence-corrected chi connectivity index (χ1v) is 4.91. The highest BCUT2D eigenvalue weighted by Gasteiger charge is 2.22. The van der Waals surface area contributed by atoms with Crippen LogP contribution >= 0.6 is 11.6 Å². The van der Waals surface area contributed by atoms with E-state index in [1.807, 2.05) is 12.1 Å². The molecule has 1 aromatic rings. The SMILES string of the molecule is COCCC(C)(O)c1cccc(Cl)c1. The van der Waals surface area contributed by atoms with Crippen molar-refractivity contribution in [2.24, 2.45) is 0 Å². The molecule has 0 spiro atoms. The first-order chi connectivity index (χ1) is 6.56. The van der Waals surface area contributed by atoms with E-state index in [9.17, 15) is 5.11 Å². The van der Waals surface area contributed by atoms with E-state index in [1.165, 1.54) is 0 Å². The number of methoxy groups -OCH3 is 1. The molecule has 0 saturated carbocycles. The fraction of sp³-hybridized carbons (Fsp3) is 0.455. The van der Waals surface area contributed by atoms with Crippen LogP contribution in [0.15, 0.2) is 24.3 Å². The van der Waals surface area contributed by atoms with Crippen LogP contribution in [-0.4, -0.2) is 18.8 Å². The summed E-state index contributed by atoms with van der Waals surface area (Å²) >= 11 is 5.84. The van der Waals surface area contributed by atoms with E-state index < -0.39 is 5.60 Å². The van der Waals surface area contributed by atoms with Gasteiger partial charge in [-0.25, -0.2) is 0 Å². The predicted molar refractivity (Wildman–Crippen MR) is 57.5 cm³/mol. The summed E-state index contributed by atoms with van der Waals surface area (Å²) in [6, 6.07) is 7.26. The Bertz CT molecular complexity index is 297. The van der Waals surface area contributed by atoms with Gasteiger partial charge in [-0.15, -0.1) is 0 Å². The minimum absolute atomic E-state index is 0.527. The van der Waals surface area contributed by atoms with Crippen molar-refractivity contribution in [3.63, 3.8) is 0 Å². The van der Waals surface area contributed by atoms with Gasteiger partial charge in [0.05, 0.1) is 5.60 Å². The lowest BCUT2D eigenvalue weighted by molar-refractivity contribution is 0.0210. The molecule has 1 unspecified atom stereocenters. The van der Waals surface area contributed by atoms with Crippen LogP contribution in [0.4, 0.5) is 0 Å². The van der Waals surface area contributed by atoms with Crippen LogP contribution in [0.2, 0.25) is 5.02 Å². The van der Waals surface area contributed by atoms with E-state index >= 15 is 0 Å². The predicted octanol–water partition coefficient (Wildman–Crippen LogP) is 2.58. The van der Waals surface area contributed by atoms with Gasteiger partial charge in [0.2, 0.25) is 0 Å². The van der Waals surface area contributed by atoms with Gasteiger partial charge >= 0.3 is 0 Å². The zero-order valence-corrected chi connectivity index (χ0v) is 9.21. The molecule has 78 valence electrons. The zero-order valence-electron chi connectivity index (χ0n) is 8.46. The molecule has 0 aliphatic rings. The first-order valence-electron chi connectivity index (χ1n) is 4.53. The van der Waals surface area contributed by atoms with E-state index in [0.29, 0.717) is 18.1 Å². The van der Waals surface area contributed by atoms with Gasteiger partial charge in [0.1, 0.15) is 0 Å². The Labute approximate surface area is 89.5 Å². The topological polar surface area (TPSA) is 29.5 Å². The summed E-state index contributed by atoms with van der Waals surface area (Å²) in [6.45, 7) is 2.29. The fourth-order valence-corrected chi connectivity index (χ4v) is 1.46. The highest BCUT2D eigenvalue weighted by Crippen LogP contribution is 2.26. The molecule has 0 aliphatic heterocycles. The first kappa shape index (κ1) is 11.5. The molecule has 0 amide bonds. The average molecular weight is 215 g/mol. The number of aliphatic hydroxyl groups is 1. The second kappa shape index (κ2) is 4.78. The van der Waals surface area contributed by atoms with Crippen LogP contribution in [-0.2, 0) is 10.3 Å². The highest BCUT2D eigenvalue weighted by atomic mass is 35.5. The molecule has 0 saturated heterocycles. The molecule has 0 radical (unpaired) electrons. The summed E-state index contributed by atoms with van der Waals surface area (Å²) in [4.78, 5) is 0. The van der Waals surface area contributed by atoms with Crippen molar-refractivity contribution in [3.05, 3.63) is 34.9 Å². The van der Waals surface area contributed by atoms with Gasteiger partial charge in [-0.05, 0) is 24.6 Å². The maximum absolute atomic E-state index is 10.1. The number of halogens is 1. The third-order valence-corrected chi connectivity index (χ3v) is 2.47. The van der Waals surface area contributed by atoms with Gasteiger partial charge in [-0.3, -0.25) is 0 Å². The summed E-state index contributed by atoms with van der Waals surface area (Å²) in [5, 5.41) is 10.7. The summed E-state index contributed by atoms with van der Waals surface area (Å²) in [6.07, 6.45) is 0.559. The summed E-state index contributed by atoms with van der Waals surface area (Å²) < 4.78 is 4.94. The second-order valence-electron chi connectivity index (χ2n) is 3.53. The van der Waals surface area contributed by atoms with Crippen LogP contribution < -0.4 is 0 Å². The lowest BCUT2D eigenvalue weighted by Crippen LogP contribution is -2.22.